The molecule has 6 nitrogen and oxygen atoms in total. The van der Waals surface area contributed by atoms with Gasteiger partial charge in [0.25, 0.3) is 0 Å². The maximum atomic E-state index is 11.9. The third-order valence-electron chi connectivity index (χ3n) is 3.46. The summed E-state index contributed by atoms with van der Waals surface area (Å²) in [6.07, 6.45) is 3.52. The summed E-state index contributed by atoms with van der Waals surface area (Å²) in [6, 6.07) is 6.55. The van der Waals surface area contributed by atoms with Gasteiger partial charge < -0.3 is 15.7 Å². The van der Waals surface area contributed by atoms with Gasteiger partial charge in [0, 0.05) is 24.7 Å². The molecule has 110 valence electrons. The van der Waals surface area contributed by atoms with Gasteiger partial charge in [-0.1, -0.05) is 12.1 Å². The summed E-state index contributed by atoms with van der Waals surface area (Å²) in [6.45, 7) is 0.708. The molecule has 0 bridgehead atoms. The van der Waals surface area contributed by atoms with E-state index in [-0.39, 0.29) is 12.5 Å². The number of nitrogens with two attached hydrogens (primary N) is 1. The lowest BCUT2D eigenvalue weighted by Gasteiger charge is -2.12. The Morgan fingerprint density at radius 2 is 1.90 bits per heavy atom. The zero-order valence-electron chi connectivity index (χ0n) is 11.4. The standard InChI is InChI=1S/C15H16N2O4/c16-14(19)11-4-1-10(2-5-11)3-6-13(18)17-8-7-12(9-17)15(20)21/h1-6,12H,7-9H2,(H2,16,19)(H,20,21)/b6-3+. The lowest BCUT2D eigenvalue weighted by Crippen LogP contribution is -2.28. The highest BCUT2D eigenvalue weighted by atomic mass is 16.4. The fourth-order valence-electron chi connectivity index (χ4n) is 2.19. The highest BCUT2D eigenvalue weighted by Gasteiger charge is 2.29. The molecule has 0 spiro atoms. The van der Waals surface area contributed by atoms with Crippen LogP contribution in [0.5, 0.6) is 0 Å². The summed E-state index contributed by atoms with van der Waals surface area (Å²) in [5.74, 6) is -2.05. The molecule has 6 heteroatoms. The molecule has 2 amide bonds. The van der Waals surface area contributed by atoms with E-state index in [0.717, 1.165) is 5.56 Å². The van der Waals surface area contributed by atoms with Crippen molar-refractivity contribution in [2.75, 3.05) is 13.1 Å². The smallest absolute Gasteiger partial charge is 0.308 e. The fraction of sp³-hybridized carbons (Fsp3) is 0.267. The van der Waals surface area contributed by atoms with Crippen molar-refractivity contribution in [3.05, 3.63) is 41.5 Å². The molecular weight excluding hydrogens is 272 g/mol. The molecule has 1 aromatic rings. The molecule has 1 aliphatic rings. The Bertz CT molecular complexity index is 592. The Balaban J connectivity index is 1.96. The highest BCUT2D eigenvalue weighted by molar-refractivity contribution is 5.94. The number of benzene rings is 1. The highest BCUT2D eigenvalue weighted by Crippen LogP contribution is 2.17. The number of nitrogens with zero attached hydrogens (tertiary/aromatic N) is 1. The SMILES string of the molecule is NC(=O)c1ccc(/C=C/C(=O)N2CCC(C(=O)O)C2)cc1. The molecule has 1 saturated heterocycles. The molecule has 0 radical (unpaired) electrons. The fourth-order valence-corrected chi connectivity index (χ4v) is 2.19. The molecule has 1 aliphatic heterocycles. The lowest BCUT2D eigenvalue weighted by atomic mass is 10.1. The number of amides is 2. The summed E-state index contributed by atoms with van der Waals surface area (Å²) in [5.41, 5.74) is 6.31. The normalized spacial score (nSPS) is 18.1. The van der Waals surface area contributed by atoms with E-state index in [4.69, 9.17) is 10.8 Å². The van der Waals surface area contributed by atoms with Crippen LogP contribution >= 0.6 is 0 Å². The number of hydrogen-bond donors (Lipinski definition) is 2. The third-order valence-corrected chi connectivity index (χ3v) is 3.46. The van der Waals surface area contributed by atoms with Gasteiger partial charge in [-0.2, -0.15) is 0 Å². The second-order valence-corrected chi connectivity index (χ2v) is 4.93. The Hall–Kier alpha value is -2.63. The minimum Gasteiger partial charge on any atom is -0.481 e. The third kappa shape index (κ3) is 3.68. The summed E-state index contributed by atoms with van der Waals surface area (Å²) in [7, 11) is 0. The van der Waals surface area contributed by atoms with Gasteiger partial charge in [0.05, 0.1) is 5.92 Å². The lowest BCUT2D eigenvalue weighted by molar-refractivity contribution is -0.141. The van der Waals surface area contributed by atoms with E-state index in [9.17, 15) is 14.4 Å². The average Bonchev–Trinajstić information content (AvgIpc) is 2.95. The summed E-state index contributed by atoms with van der Waals surface area (Å²) < 4.78 is 0. The first kappa shape index (κ1) is 14.8. The minimum absolute atomic E-state index is 0.210. The quantitative estimate of drug-likeness (QED) is 0.797. The van der Waals surface area contributed by atoms with Gasteiger partial charge in [-0.15, -0.1) is 0 Å². The predicted octanol–water partition coefficient (Wildman–Crippen LogP) is 0.732. The van der Waals surface area contributed by atoms with Gasteiger partial charge in [-0.05, 0) is 30.2 Å². The first-order chi connectivity index (χ1) is 9.97. The van der Waals surface area contributed by atoms with Crippen LogP contribution in [0.4, 0.5) is 0 Å². The second-order valence-electron chi connectivity index (χ2n) is 4.93. The maximum Gasteiger partial charge on any atom is 0.308 e. The molecule has 21 heavy (non-hydrogen) atoms. The first-order valence-corrected chi connectivity index (χ1v) is 6.57. The molecule has 2 rings (SSSR count). The Labute approximate surface area is 121 Å². The molecule has 1 heterocycles. The van der Waals surface area contributed by atoms with E-state index >= 15 is 0 Å². The molecule has 0 saturated carbocycles. The number of carbonyl (C=O) groups excluding carboxylic acids is 2. The largest absolute Gasteiger partial charge is 0.481 e. The van der Waals surface area contributed by atoms with E-state index in [2.05, 4.69) is 0 Å². The van der Waals surface area contributed by atoms with Crippen LogP contribution in [-0.4, -0.2) is 40.9 Å². The van der Waals surface area contributed by atoms with Crippen LogP contribution in [0.2, 0.25) is 0 Å². The molecular formula is C15H16N2O4. The number of aliphatic carboxylic acids is 1. The summed E-state index contributed by atoms with van der Waals surface area (Å²) in [4.78, 5) is 35.2. The van der Waals surface area contributed by atoms with Crippen LogP contribution in [0.15, 0.2) is 30.3 Å². The molecule has 0 aliphatic carbocycles. The molecule has 1 atom stereocenters. The Kier molecular flexibility index (Phi) is 4.37. The van der Waals surface area contributed by atoms with Crippen LogP contribution < -0.4 is 5.73 Å². The van der Waals surface area contributed by atoms with E-state index in [1.54, 1.807) is 30.3 Å². The number of carboxylic acids is 1. The van der Waals surface area contributed by atoms with E-state index in [0.29, 0.717) is 18.5 Å². The number of carbonyl (C=O) groups is 3. The molecule has 1 aromatic carbocycles. The first-order valence-electron chi connectivity index (χ1n) is 6.57. The van der Waals surface area contributed by atoms with Crippen molar-refractivity contribution in [3.63, 3.8) is 0 Å². The van der Waals surface area contributed by atoms with Gasteiger partial charge >= 0.3 is 5.97 Å². The van der Waals surface area contributed by atoms with Gasteiger partial charge in [-0.25, -0.2) is 0 Å². The number of primary amides is 1. The number of carboxylic acid groups (broad SMARTS) is 1. The minimum atomic E-state index is -0.865. The molecule has 0 aromatic heterocycles. The Morgan fingerprint density at radius 1 is 1.24 bits per heavy atom. The molecule has 3 N–H and O–H groups in total. The zero-order chi connectivity index (χ0) is 15.4. The van der Waals surface area contributed by atoms with Crippen molar-refractivity contribution in [2.24, 2.45) is 11.7 Å². The second kappa shape index (κ2) is 6.21. The van der Waals surface area contributed by atoms with Gasteiger partial charge in [0.15, 0.2) is 0 Å². The van der Waals surface area contributed by atoms with E-state index in [1.807, 2.05) is 0 Å². The van der Waals surface area contributed by atoms with Crippen LogP contribution in [0, 0.1) is 5.92 Å². The monoisotopic (exact) mass is 288 g/mol. The van der Waals surface area contributed by atoms with Crippen molar-refractivity contribution >= 4 is 23.9 Å². The molecule has 1 unspecified atom stereocenters. The van der Waals surface area contributed by atoms with Crippen LogP contribution in [-0.2, 0) is 9.59 Å². The van der Waals surface area contributed by atoms with E-state index in [1.165, 1.54) is 11.0 Å². The maximum absolute atomic E-state index is 11.9. The van der Waals surface area contributed by atoms with Crippen molar-refractivity contribution in [1.82, 2.24) is 4.90 Å². The van der Waals surface area contributed by atoms with Gasteiger partial charge in [0.1, 0.15) is 0 Å². The molecule has 1 fully saturated rings. The number of hydrogen-bond acceptors (Lipinski definition) is 3. The van der Waals surface area contributed by atoms with Crippen molar-refractivity contribution in [3.8, 4) is 0 Å². The van der Waals surface area contributed by atoms with Crippen LogP contribution in [0.3, 0.4) is 0 Å². The van der Waals surface area contributed by atoms with Crippen molar-refractivity contribution in [2.45, 2.75) is 6.42 Å². The predicted molar refractivity (Wildman–Crippen MR) is 76.3 cm³/mol. The van der Waals surface area contributed by atoms with Crippen molar-refractivity contribution in [1.29, 1.82) is 0 Å². The number of rotatable bonds is 4. The number of likely N-dealkylation sites (tertiary alicyclic amines) is 1. The Morgan fingerprint density at radius 3 is 2.43 bits per heavy atom. The topological polar surface area (TPSA) is 101 Å². The van der Waals surface area contributed by atoms with Gasteiger partial charge in [-0.3, -0.25) is 14.4 Å². The van der Waals surface area contributed by atoms with Gasteiger partial charge in [0.2, 0.25) is 11.8 Å². The van der Waals surface area contributed by atoms with E-state index < -0.39 is 17.8 Å². The van der Waals surface area contributed by atoms with Crippen LogP contribution in [0.25, 0.3) is 6.08 Å². The van der Waals surface area contributed by atoms with Crippen molar-refractivity contribution < 1.29 is 19.5 Å². The zero-order valence-corrected chi connectivity index (χ0v) is 11.4. The average molecular weight is 288 g/mol. The summed E-state index contributed by atoms with van der Waals surface area (Å²) in [5, 5.41) is 8.90. The van der Waals surface area contributed by atoms with Crippen LogP contribution in [0.1, 0.15) is 22.3 Å². The summed E-state index contributed by atoms with van der Waals surface area (Å²) >= 11 is 0.